The minimum atomic E-state index is -0.812. The van der Waals surface area contributed by atoms with Gasteiger partial charge in [-0.2, -0.15) is 0 Å². The maximum atomic E-state index is 13.7. The third kappa shape index (κ3) is 5.65. The molecule has 2 aliphatic heterocycles. The third-order valence-electron chi connectivity index (χ3n) is 9.43. The molecule has 1 aromatic heterocycles. The largest absolute Gasteiger partial charge is 0.421 e. The van der Waals surface area contributed by atoms with Crippen LogP contribution in [0.25, 0.3) is 0 Å². The van der Waals surface area contributed by atoms with Gasteiger partial charge in [-0.3, -0.25) is 19.2 Å². The van der Waals surface area contributed by atoms with Gasteiger partial charge in [0.15, 0.2) is 0 Å². The van der Waals surface area contributed by atoms with Gasteiger partial charge in [0.25, 0.3) is 11.8 Å². The topological polar surface area (TPSA) is 114 Å². The maximum Gasteiger partial charge on any atom is 0.291 e. The monoisotopic (exact) mass is 584 g/mol. The molecule has 5 rings (SSSR count). The minimum Gasteiger partial charge on any atom is -0.421 e. The quantitative estimate of drug-likeness (QED) is 0.329. The first-order valence-corrected chi connectivity index (χ1v) is 15.1. The first kappa shape index (κ1) is 30.3. The van der Waals surface area contributed by atoms with E-state index in [1.807, 2.05) is 62.4 Å². The van der Waals surface area contributed by atoms with Crippen LogP contribution >= 0.6 is 0 Å². The van der Waals surface area contributed by atoms with Crippen molar-refractivity contribution in [2.45, 2.75) is 92.4 Å². The molecule has 9 heteroatoms. The molecule has 0 spiro atoms. The fourth-order valence-corrected chi connectivity index (χ4v) is 5.59. The molecule has 0 unspecified atom stereocenters. The second kappa shape index (κ2) is 11.5. The average Bonchev–Trinajstić information content (AvgIpc) is 3.52. The summed E-state index contributed by atoms with van der Waals surface area (Å²) in [4.78, 5) is 57.0. The Morgan fingerprint density at radius 3 is 1.37 bits per heavy atom. The molecule has 43 heavy (non-hydrogen) atoms. The molecule has 3 heterocycles. The summed E-state index contributed by atoms with van der Waals surface area (Å²) < 4.78 is 6.30. The van der Waals surface area contributed by atoms with Gasteiger partial charge in [-0.25, -0.2) is 0 Å². The molecule has 2 aromatic carbocycles. The zero-order valence-electron chi connectivity index (χ0n) is 25.8. The maximum absolute atomic E-state index is 13.7. The van der Waals surface area contributed by atoms with Crippen LogP contribution in [0.1, 0.15) is 101 Å². The van der Waals surface area contributed by atoms with E-state index in [9.17, 15) is 19.2 Å². The third-order valence-corrected chi connectivity index (χ3v) is 9.43. The van der Waals surface area contributed by atoms with Gasteiger partial charge in [0.05, 0.1) is 0 Å². The zero-order chi connectivity index (χ0) is 31.1. The Hall–Kier alpha value is -4.14. The van der Waals surface area contributed by atoms with Crippen LogP contribution in [0.2, 0.25) is 0 Å². The minimum absolute atomic E-state index is 0.200. The molecule has 0 bridgehead atoms. The van der Waals surface area contributed by atoms with Crippen LogP contribution in [0.5, 0.6) is 0 Å². The van der Waals surface area contributed by atoms with E-state index in [0.717, 1.165) is 22.3 Å². The Balaban J connectivity index is 1.52. The van der Waals surface area contributed by atoms with Crippen LogP contribution in [0.4, 0.5) is 0 Å². The summed E-state index contributed by atoms with van der Waals surface area (Å²) in [7, 11) is 0. The zero-order valence-corrected chi connectivity index (χ0v) is 25.8. The second-order valence-corrected chi connectivity index (χ2v) is 13.0. The highest BCUT2D eigenvalue weighted by atomic mass is 16.4. The van der Waals surface area contributed by atoms with Gasteiger partial charge in [0.2, 0.25) is 23.3 Å². The van der Waals surface area contributed by atoms with Crippen LogP contribution < -0.4 is 0 Å². The molecule has 3 aromatic rings. The average molecular weight is 585 g/mol. The van der Waals surface area contributed by atoms with Gasteiger partial charge in [0.1, 0.15) is 12.1 Å². The normalized spacial score (nSPS) is 18.6. The van der Waals surface area contributed by atoms with Gasteiger partial charge >= 0.3 is 0 Å². The van der Waals surface area contributed by atoms with E-state index in [-0.39, 0.29) is 24.9 Å². The molecule has 0 saturated carbocycles. The van der Waals surface area contributed by atoms with Crippen molar-refractivity contribution in [2.75, 3.05) is 0 Å². The van der Waals surface area contributed by atoms with Gasteiger partial charge in [-0.15, -0.1) is 10.2 Å². The van der Waals surface area contributed by atoms with E-state index in [1.165, 1.54) is 9.80 Å². The molecule has 2 amide bonds. The summed E-state index contributed by atoms with van der Waals surface area (Å²) in [5.74, 6) is -1.68. The summed E-state index contributed by atoms with van der Waals surface area (Å²) in [5, 5.41) is 8.75. The van der Waals surface area contributed by atoms with Crippen LogP contribution in [0.15, 0.2) is 52.9 Å². The van der Waals surface area contributed by atoms with Crippen molar-refractivity contribution in [1.82, 2.24) is 20.0 Å². The molecular formula is C34H40N4O5. The van der Waals surface area contributed by atoms with E-state index in [4.69, 9.17) is 4.42 Å². The van der Waals surface area contributed by atoms with E-state index in [1.54, 1.807) is 27.7 Å². The number of aromatic nitrogens is 2. The number of Topliss-reactive ketones (excluding diaryl/α,β-unsaturated/α-hetero) is 2. The number of fused-ring (bicyclic) bond motifs is 2. The van der Waals surface area contributed by atoms with Gasteiger partial charge in [-0.1, -0.05) is 90.1 Å². The molecule has 0 fully saturated rings. The fourth-order valence-electron chi connectivity index (χ4n) is 5.59. The molecule has 0 radical (unpaired) electrons. The SMILES string of the molecule is CCC(C)(C)C(=O)C(=O)N1Cc2ccccc2C[C@H]1c1nnc([C@@H]2Cc3ccccc3CN2C(=O)C(=O)C(C)(C)CC)o1. The lowest BCUT2D eigenvalue weighted by Gasteiger charge is -2.37. The van der Waals surface area contributed by atoms with E-state index >= 15 is 0 Å². The van der Waals surface area contributed by atoms with Gasteiger partial charge in [-0.05, 0) is 35.1 Å². The first-order valence-electron chi connectivity index (χ1n) is 15.1. The predicted molar refractivity (Wildman–Crippen MR) is 159 cm³/mol. The Kier molecular flexibility index (Phi) is 8.11. The number of benzene rings is 2. The van der Waals surface area contributed by atoms with Crippen molar-refractivity contribution >= 4 is 23.4 Å². The first-order chi connectivity index (χ1) is 20.4. The standard InChI is InChI=1S/C34H40N4O5/c1-7-33(3,4)27(39)31(41)37-19-23-15-11-9-13-21(23)17-25(37)29-35-36-30(43-29)26-18-22-14-10-12-16-24(22)20-38(26)32(42)28(40)34(5,6)8-2/h9-16,25-26H,7-8,17-20H2,1-6H3/t25-,26-/m0/s1. The number of ketones is 2. The van der Waals surface area contributed by atoms with Crippen molar-refractivity contribution in [3.05, 3.63) is 82.6 Å². The number of amides is 2. The summed E-state index contributed by atoms with van der Waals surface area (Å²) in [5.41, 5.74) is 2.38. The Morgan fingerprint density at radius 2 is 1.02 bits per heavy atom. The Bertz CT molecular complexity index is 1460. The molecule has 0 saturated heterocycles. The van der Waals surface area contributed by atoms with Crippen molar-refractivity contribution in [1.29, 1.82) is 0 Å². The van der Waals surface area contributed by atoms with Crippen LogP contribution in [0, 0.1) is 10.8 Å². The van der Waals surface area contributed by atoms with Crippen molar-refractivity contribution in [3.63, 3.8) is 0 Å². The summed E-state index contributed by atoms with van der Waals surface area (Å²) >= 11 is 0. The highest BCUT2D eigenvalue weighted by Crippen LogP contribution is 2.38. The summed E-state index contributed by atoms with van der Waals surface area (Å²) in [6.45, 7) is 11.4. The van der Waals surface area contributed by atoms with Crippen molar-refractivity contribution in [3.8, 4) is 0 Å². The van der Waals surface area contributed by atoms with E-state index < -0.39 is 46.3 Å². The predicted octanol–water partition coefficient (Wildman–Crippen LogP) is 5.33. The van der Waals surface area contributed by atoms with Crippen LogP contribution in [-0.2, 0) is 45.1 Å². The van der Waals surface area contributed by atoms with Crippen molar-refractivity contribution < 1.29 is 23.6 Å². The highest BCUT2D eigenvalue weighted by molar-refractivity contribution is 6.38. The van der Waals surface area contributed by atoms with Gasteiger partial charge < -0.3 is 14.2 Å². The van der Waals surface area contributed by atoms with E-state index in [2.05, 4.69) is 10.2 Å². The lowest BCUT2D eigenvalue weighted by Crippen LogP contribution is -2.46. The van der Waals surface area contributed by atoms with E-state index in [0.29, 0.717) is 25.7 Å². The molecule has 2 atom stereocenters. The van der Waals surface area contributed by atoms with Gasteiger partial charge in [0, 0.05) is 36.8 Å². The highest BCUT2D eigenvalue weighted by Gasteiger charge is 2.44. The molecule has 2 aliphatic rings. The number of carbonyl (C=O) groups is 4. The Morgan fingerprint density at radius 1 is 0.674 bits per heavy atom. The number of hydrogen-bond acceptors (Lipinski definition) is 7. The smallest absolute Gasteiger partial charge is 0.291 e. The number of carbonyl (C=O) groups excluding carboxylic acids is 4. The second-order valence-electron chi connectivity index (χ2n) is 13.0. The molecule has 0 aliphatic carbocycles. The van der Waals surface area contributed by atoms with Crippen LogP contribution in [-0.4, -0.2) is 43.4 Å². The molecule has 9 nitrogen and oxygen atoms in total. The summed E-state index contributed by atoms with van der Waals surface area (Å²) in [6.07, 6.45) is 1.86. The Labute approximate surface area is 252 Å². The van der Waals surface area contributed by atoms with Crippen LogP contribution in [0.3, 0.4) is 0 Å². The molecule has 0 N–H and O–H groups in total. The number of rotatable bonds is 8. The molecular weight excluding hydrogens is 544 g/mol. The number of nitrogens with zero attached hydrogens (tertiary/aromatic N) is 4. The fraction of sp³-hybridized carbons (Fsp3) is 0.471. The lowest BCUT2D eigenvalue weighted by molar-refractivity contribution is -0.152. The molecule has 226 valence electrons. The van der Waals surface area contributed by atoms with Crippen molar-refractivity contribution in [2.24, 2.45) is 10.8 Å². The lowest BCUT2D eigenvalue weighted by atomic mass is 9.83. The summed E-state index contributed by atoms with van der Waals surface area (Å²) in [6, 6.07) is 14.3. The number of hydrogen-bond donors (Lipinski definition) is 0.